The second-order valence-corrected chi connectivity index (χ2v) is 4.35. The van der Waals surface area contributed by atoms with E-state index in [9.17, 15) is 0 Å². The van der Waals surface area contributed by atoms with Gasteiger partial charge in [-0.15, -0.1) is 0 Å². The molecule has 4 heteroatoms. The number of hydrogen-bond donors (Lipinski definition) is 2. The predicted molar refractivity (Wildman–Crippen MR) is 58.8 cm³/mol. The molecule has 0 saturated heterocycles. The van der Waals surface area contributed by atoms with Crippen molar-refractivity contribution in [3.8, 4) is 11.8 Å². The third-order valence-electron chi connectivity index (χ3n) is 2.31. The molecule has 0 fully saturated rings. The zero-order valence-corrected chi connectivity index (χ0v) is 8.79. The third kappa shape index (κ3) is 1.68. The summed E-state index contributed by atoms with van der Waals surface area (Å²) in [5, 5.41) is 12.1. The Labute approximate surface area is 88.6 Å². The summed E-state index contributed by atoms with van der Waals surface area (Å²) in [6.45, 7) is 4.63. The standard InChI is InChI=1S/C11H13N3O/c1-11(2)6-15-9-4-7(5-12)3-8(13)10(9)14-11/h3-4,14H,6,13H2,1-2H3. The molecule has 3 N–H and O–H groups in total. The second kappa shape index (κ2) is 3.06. The van der Waals surface area contributed by atoms with Crippen molar-refractivity contribution in [3.05, 3.63) is 17.7 Å². The number of anilines is 2. The monoisotopic (exact) mass is 203 g/mol. The number of nitrogen functional groups attached to an aromatic ring is 1. The van der Waals surface area contributed by atoms with Gasteiger partial charge in [0.1, 0.15) is 18.0 Å². The largest absolute Gasteiger partial charge is 0.489 e. The highest BCUT2D eigenvalue weighted by Crippen LogP contribution is 2.37. The van der Waals surface area contributed by atoms with Crippen LogP contribution in [0.15, 0.2) is 12.1 Å². The number of benzene rings is 1. The van der Waals surface area contributed by atoms with Gasteiger partial charge in [-0.3, -0.25) is 0 Å². The SMILES string of the molecule is CC1(C)COc2cc(C#N)cc(N)c2N1. The minimum absolute atomic E-state index is 0.130. The van der Waals surface area contributed by atoms with Gasteiger partial charge in [-0.2, -0.15) is 5.26 Å². The van der Waals surface area contributed by atoms with Gasteiger partial charge in [0, 0.05) is 6.07 Å². The predicted octanol–water partition coefficient (Wildman–Crippen LogP) is 1.72. The van der Waals surface area contributed by atoms with Crippen LogP contribution in [-0.4, -0.2) is 12.1 Å². The lowest BCUT2D eigenvalue weighted by atomic mass is 10.0. The van der Waals surface area contributed by atoms with Crippen molar-refractivity contribution in [2.75, 3.05) is 17.7 Å². The molecule has 0 unspecified atom stereocenters. The van der Waals surface area contributed by atoms with E-state index in [4.69, 9.17) is 15.7 Å². The molecule has 0 saturated carbocycles. The first-order valence-electron chi connectivity index (χ1n) is 4.76. The molecule has 0 atom stereocenters. The average molecular weight is 203 g/mol. The van der Waals surface area contributed by atoms with Crippen LogP contribution >= 0.6 is 0 Å². The minimum atomic E-state index is -0.130. The molecule has 1 heterocycles. The Morgan fingerprint density at radius 1 is 1.53 bits per heavy atom. The van der Waals surface area contributed by atoms with E-state index in [0.29, 0.717) is 23.6 Å². The fourth-order valence-corrected chi connectivity index (χ4v) is 1.58. The lowest BCUT2D eigenvalue weighted by Gasteiger charge is -2.34. The van der Waals surface area contributed by atoms with Gasteiger partial charge in [0.25, 0.3) is 0 Å². The zero-order chi connectivity index (χ0) is 11.1. The van der Waals surface area contributed by atoms with Crippen LogP contribution in [0.3, 0.4) is 0 Å². The molecule has 0 bridgehead atoms. The Bertz CT molecular complexity index is 446. The number of nitriles is 1. The molecule has 1 aliphatic heterocycles. The maximum absolute atomic E-state index is 8.78. The summed E-state index contributed by atoms with van der Waals surface area (Å²) in [6, 6.07) is 5.40. The highest BCUT2D eigenvalue weighted by Gasteiger charge is 2.27. The van der Waals surface area contributed by atoms with Crippen LogP contribution in [0, 0.1) is 11.3 Å². The lowest BCUT2D eigenvalue weighted by Crippen LogP contribution is -2.41. The van der Waals surface area contributed by atoms with Crippen molar-refractivity contribution in [2.24, 2.45) is 0 Å². The molecule has 0 radical (unpaired) electrons. The molecule has 0 aromatic heterocycles. The third-order valence-corrected chi connectivity index (χ3v) is 2.31. The van der Waals surface area contributed by atoms with E-state index in [0.717, 1.165) is 5.69 Å². The minimum Gasteiger partial charge on any atom is -0.489 e. The summed E-state index contributed by atoms with van der Waals surface area (Å²) in [5.41, 5.74) is 7.57. The van der Waals surface area contributed by atoms with Gasteiger partial charge in [-0.25, -0.2) is 0 Å². The first-order chi connectivity index (χ1) is 7.02. The van der Waals surface area contributed by atoms with E-state index >= 15 is 0 Å². The smallest absolute Gasteiger partial charge is 0.145 e. The van der Waals surface area contributed by atoms with E-state index in [1.807, 2.05) is 13.8 Å². The average Bonchev–Trinajstić information content (AvgIpc) is 2.18. The molecule has 1 aliphatic rings. The quantitative estimate of drug-likeness (QED) is 0.630. The molecule has 15 heavy (non-hydrogen) atoms. The summed E-state index contributed by atoms with van der Waals surface area (Å²) >= 11 is 0. The van der Waals surface area contributed by atoms with Crippen molar-refractivity contribution in [1.29, 1.82) is 5.26 Å². The van der Waals surface area contributed by atoms with Crippen molar-refractivity contribution in [2.45, 2.75) is 19.4 Å². The van der Waals surface area contributed by atoms with Crippen LogP contribution in [-0.2, 0) is 0 Å². The van der Waals surface area contributed by atoms with Crippen molar-refractivity contribution < 1.29 is 4.74 Å². The van der Waals surface area contributed by atoms with Crippen molar-refractivity contribution in [1.82, 2.24) is 0 Å². The molecule has 2 rings (SSSR count). The van der Waals surface area contributed by atoms with Crippen LogP contribution in [0.25, 0.3) is 0 Å². The topological polar surface area (TPSA) is 71.1 Å². The van der Waals surface area contributed by atoms with Gasteiger partial charge >= 0.3 is 0 Å². The molecule has 4 nitrogen and oxygen atoms in total. The van der Waals surface area contributed by atoms with E-state index in [1.54, 1.807) is 12.1 Å². The van der Waals surface area contributed by atoms with Crippen LogP contribution in [0.1, 0.15) is 19.4 Å². The number of nitrogens with zero attached hydrogens (tertiary/aromatic N) is 1. The summed E-state index contributed by atoms with van der Waals surface area (Å²) in [5.74, 6) is 0.658. The number of ether oxygens (including phenoxy) is 1. The maximum atomic E-state index is 8.78. The summed E-state index contributed by atoms with van der Waals surface area (Å²) < 4.78 is 5.57. The highest BCUT2D eigenvalue weighted by atomic mass is 16.5. The Kier molecular flexibility index (Phi) is 1.97. The Morgan fingerprint density at radius 2 is 2.27 bits per heavy atom. The van der Waals surface area contributed by atoms with Gasteiger partial charge in [-0.1, -0.05) is 0 Å². The van der Waals surface area contributed by atoms with E-state index in [-0.39, 0.29) is 5.54 Å². The second-order valence-electron chi connectivity index (χ2n) is 4.35. The van der Waals surface area contributed by atoms with Crippen molar-refractivity contribution in [3.63, 3.8) is 0 Å². The first kappa shape index (κ1) is 9.66. The number of nitrogens with one attached hydrogen (secondary N) is 1. The maximum Gasteiger partial charge on any atom is 0.145 e. The Morgan fingerprint density at radius 3 is 2.93 bits per heavy atom. The molecule has 0 amide bonds. The van der Waals surface area contributed by atoms with E-state index in [1.165, 1.54) is 0 Å². The zero-order valence-electron chi connectivity index (χ0n) is 8.79. The van der Waals surface area contributed by atoms with Gasteiger partial charge in [0.2, 0.25) is 0 Å². The van der Waals surface area contributed by atoms with Crippen LogP contribution in [0.5, 0.6) is 5.75 Å². The summed E-state index contributed by atoms with van der Waals surface area (Å²) in [6.07, 6.45) is 0. The molecular formula is C11H13N3O. The fraction of sp³-hybridized carbons (Fsp3) is 0.364. The molecule has 78 valence electrons. The number of hydrogen-bond acceptors (Lipinski definition) is 4. The van der Waals surface area contributed by atoms with Gasteiger partial charge < -0.3 is 15.8 Å². The first-order valence-corrected chi connectivity index (χ1v) is 4.76. The normalized spacial score (nSPS) is 16.9. The van der Waals surface area contributed by atoms with Crippen LogP contribution < -0.4 is 15.8 Å². The van der Waals surface area contributed by atoms with Gasteiger partial charge in [0.15, 0.2) is 0 Å². The van der Waals surface area contributed by atoms with Crippen LogP contribution in [0.2, 0.25) is 0 Å². The number of nitrogens with two attached hydrogens (primary N) is 1. The highest BCUT2D eigenvalue weighted by molar-refractivity contribution is 5.77. The summed E-state index contributed by atoms with van der Waals surface area (Å²) in [4.78, 5) is 0. The van der Waals surface area contributed by atoms with E-state index < -0.39 is 0 Å². The molecular weight excluding hydrogens is 190 g/mol. The van der Waals surface area contributed by atoms with Gasteiger partial charge in [-0.05, 0) is 19.9 Å². The Balaban J connectivity index is 2.49. The molecule has 0 spiro atoms. The molecule has 0 aliphatic carbocycles. The number of fused-ring (bicyclic) bond motifs is 1. The molecule has 1 aromatic rings. The fourth-order valence-electron chi connectivity index (χ4n) is 1.58. The number of rotatable bonds is 0. The lowest BCUT2D eigenvalue weighted by molar-refractivity contribution is 0.242. The van der Waals surface area contributed by atoms with Gasteiger partial charge in [0.05, 0.1) is 22.9 Å². The van der Waals surface area contributed by atoms with Crippen molar-refractivity contribution >= 4 is 11.4 Å². The van der Waals surface area contributed by atoms with Crippen LogP contribution in [0.4, 0.5) is 11.4 Å². The molecule has 1 aromatic carbocycles. The summed E-state index contributed by atoms with van der Waals surface area (Å²) in [7, 11) is 0. The van der Waals surface area contributed by atoms with E-state index in [2.05, 4.69) is 11.4 Å². The Hall–Kier alpha value is -1.89.